The van der Waals surface area contributed by atoms with Crippen molar-refractivity contribution in [3.8, 4) is 6.07 Å². The molecule has 0 aromatic heterocycles. The van der Waals surface area contributed by atoms with Crippen LogP contribution in [-0.4, -0.2) is 11.0 Å². The lowest BCUT2D eigenvalue weighted by Gasteiger charge is -2.06. The van der Waals surface area contributed by atoms with Gasteiger partial charge in [0.1, 0.15) is 11.8 Å². The molecule has 1 amide bonds. The fourth-order valence-corrected chi connectivity index (χ4v) is 1.55. The van der Waals surface area contributed by atoms with Crippen LogP contribution in [0.2, 0.25) is 0 Å². The first kappa shape index (κ1) is 13.5. The van der Waals surface area contributed by atoms with Gasteiger partial charge in [-0.05, 0) is 60.2 Å². The number of nitrogens with zero attached hydrogens (tertiary/aromatic N) is 1. The summed E-state index contributed by atoms with van der Waals surface area (Å²) in [6.07, 6.45) is 0. The number of hydrogen-bond acceptors (Lipinski definition) is 3. The molecule has 0 fully saturated rings. The molecule has 1 aromatic carbocycles. The Bertz CT molecular complexity index is 526. The van der Waals surface area contributed by atoms with Gasteiger partial charge in [0.15, 0.2) is 5.57 Å². The SMILES string of the molecule is C/C(O)=C(\C#N)C(=O)Nc1ccc(I)c(C)c1. The van der Waals surface area contributed by atoms with Crippen molar-refractivity contribution in [1.29, 1.82) is 5.26 Å². The summed E-state index contributed by atoms with van der Waals surface area (Å²) in [6.45, 7) is 3.23. The molecular formula is C12H11IN2O2. The van der Waals surface area contributed by atoms with Crippen molar-refractivity contribution in [2.75, 3.05) is 5.32 Å². The Morgan fingerprint density at radius 2 is 2.18 bits per heavy atom. The van der Waals surface area contributed by atoms with Gasteiger partial charge in [-0.2, -0.15) is 5.26 Å². The maximum atomic E-state index is 11.6. The predicted octanol–water partition coefficient (Wildman–Crippen LogP) is 2.89. The second-order valence-electron chi connectivity index (χ2n) is 3.49. The number of allylic oxidation sites excluding steroid dienone is 1. The molecular weight excluding hydrogens is 331 g/mol. The van der Waals surface area contributed by atoms with Gasteiger partial charge in [0.2, 0.25) is 0 Å². The molecule has 0 unspecified atom stereocenters. The van der Waals surface area contributed by atoms with E-state index >= 15 is 0 Å². The van der Waals surface area contributed by atoms with Crippen molar-refractivity contribution < 1.29 is 9.90 Å². The number of aryl methyl sites for hydroxylation is 1. The second kappa shape index (κ2) is 5.68. The molecule has 88 valence electrons. The Hall–Kier alpha value is -1.55. The zero-order chi connectivity index (χ0) is 13.0. The summed E-state index contributed by atoms with van der Waals surface area (Å²) >= 11 is 2.19. The second-order valence-corrected chi connectivity index (χ2v) is 4.65. The van der Waals surface area contributed by atoms with Gasteiger partial charge >= 0.3 is 0 Å². The quantitative estimate of drug-likeness (QED) is 0.376. The highest BCUT2D eigenvalue weighted by Gasteiger charge is 2.12. The van der Waals surface area contributed by atoms with Gasteiger partial charge in [-0.1, -0.05) is 0 Å². The molecule has 0 atom stereocenters. The first-order valence-electron chi connectivity index (χ1n) is 4.83. The van der Waals surface area contributed by atoms with Crippen LogP contribution in [0, 0.1) is 21.8 Å². The number of anilines is 1. The van der Waals surface area contributed by atoms with Crippen LogP contribution in [0.5, 0.6) is 0 Å². The molecule has 0 aliphatic heterocycles. The van der Waals surface area contributed by atoms with Crippen LogP contribution in [0.3, 0.4) is 0 Å². The van der Waals surface area contributed by atoms with E-state index in [4.69, 9.17) is 10.4 Å². The molecule has 1 rings (SSSR count). The first-order chi connectivity index (χ1) is 7.95. The maximum absolute atomic E-state index is 11.6. The number of benzene rings is 1. The Morgan fingerprint density at radius 1 is 1.53 bits per heavy atom. The van der Waals surface area contributed by atoms with E-state index in [0.717, 1.165) is 9.13 Å². The van der Waals surface area contributed by atoms with Crippen molar-refractivity contribution in [2.45, 2.75) is 13.8 Å². The highest BCUT2D eigenvalue weighted by Crippen LogP contribution is 2.17. The normalized spacial score (nSPS) is 11.4. The monoisotopic (exact) mass is 342 g/mol. The lowest BCUT2D eigenvalue weighted by molar-refractivity contribution is -0.112. The van der Waals surface area contributed by atoms with Gasteiger partial charge < -0.3 is 10.4 Å². The van der Waals surface area contributed by atoms with Crippen LogP contribution in [0.15, 0.2) is 29.5 Å². The number of amides is 1. The van der Waals surface area contributed by atoms with Crippen LogP contribution in [0.1, 0.15) is 12.5 Å². The highest BCUT2D eigenvalue weighted by molar-refractivity contribution is 14.1. The van der Waals surface area contributed by atoms with Crippen LogP contribution < -0.4 is 5.32 Å². The van der Waals surface area contributed by atoms with Gasteiger partial charge in [0, 0.05) is 9.26 Å². The number of hydrogen-bond donors (Lipinski definition) is 2. The largest absolute Gasteiger partial charge is 0.511 e. The molecule has 5 heteroatoms. The molecule has 0 saturated heterocycles. The number of aliphatic hydroxyl groups excluding tert-OH is 1. The van der Waals surface area contributed by atoms with E-state index in [1.165, 1.54) is 6.92 Å². The molecule has 17 heavy (non-hydrogen) atoms. The van der Waals surface area contributed by atoms with Gasteiger partial charge in [-0.25, -0.2) is 0 Å². The average Bonchev–Trinajstić information content (AvgIpc) is 2.24. The van der Waals surface area contributed by atoms with E-state index < -0.39 is 5.91 Å². The molecule has 4 nitrogen and oxygen atoms in total. The van der Waals surface area contributed by atoms with Gasteiger partial charge in [-0.15, -0.1) is 0 Å². The van der Waals surface area contributed by atoms with Gasteiger partial charge in [0.25, 0.3) is 5.91 Å². The van der Waals surface area contributed by atoms with E-state index in [-0.39, 0.29) is 11.3 Å². The summed E-state index contributed by atoms with van der Waals surface area (Å²) in [6, 6.07) is 7.08. The minimum absolute atomic E-state index is 0.277. The van der Waals surface area contributed by atoms with Crippen molar-refractivity contribution in [3.05, 3.63) is 38.7 Å². The minimum Gasteiger partial charge on any atom is -0.511 e. The number of halogens is 1. The van der Waals surface area contributed by atoms with Crippen molar-refractivity contribution in [2.24, 2.45) is 0 Å². The Labute approximate surface area is 113 Å². The molecule has 2 N–H and O–H groups in total. The maximum Gasteiger partial charge on any atom is 0.269 e. The van der Waals surface area contributed by atoms with Crippen LogP contribution in [-0.2, 0) is 4.79 Å². The summed E-state index contributed by atoms with van der Waals surface area (Å²) in [5.41, 5.74) is 1.36. The minimum atomic E-state index is -0.604. The van der Waals surface area contributed by atoms with Gasteiger partial charge in [-0.3, -0.25) is 4.79 Å². The number of rotatable bonds is 2. The third-order valence-electron chi connectivity index (χ3n) is 2.12. The highest BCUT2D eigenvalue weighted by atomic mass is 127. The zero-order valence-corrected chi connectivity index (χ0v) is 11.6. The Morgan fingerprint density at radius 3 is 2.65 bits per heavy atom. The summed E-state index contributed by atoms with van der Waals surface area (Å²) < 4.78 is 1.09. The molecule has 0 aliphatic carbocycles. The zero-order valence-electron chi connectivity index (χ0n) is 9.41. The molecule has 0 bridgehead atoms. The third kappa shape index (κ3) is 3.46. The van der Waals surface area contributed by atoms with Crippen LogP contribution in [0.4, 0.5) is 5.69 Å². The summed E-state index contributed by atoms with van der Waals surface area (Å²) in [5, 5.41) is 20.4. The van der Waals surface area contributed by atoms with E-state index in [1.54, 1.807) is 18.2 Å². The number of nitriles is 1. The molecule has 0 spiro atoms. The Balaban J connectivity index is 2.93. The van der Waals surface area contributed by atoms with E-state index in [1.807, 2.05) is 13.0 Å². The standard InChI is InChI=1S/C12H11IN2O2/c1-7-5-9(3-4-11(7)13)15-12(17)10(6-14)8(2)16/h3-5,16H,1-2H3,(H,15,17)/b10-8-. The predicted molar refractivity (Wildman–Crippen MR) is 73.5 cm³/mol. The average molecular weight is 342 g/mol. The van der Waals surface area contributed by atoms with E-state index in [9.17, 15) is 4.79 Å². The fourth-order valence-electron chi connectivity index (χ4n) is 1.21. The first-order valence-corrected chi connectivity index (χ1v) is 5.91. The molecule has 0 aliphatic rings. The number of carbonyl (C=O) groups excluding carboxylic acids is 1. The topological polar surface area (TPSA) is 73.1 Å². The molecule has 0 radical (unpaired) electrons. The van der Waals surface area contributed by atoms with Crippen molar-refractivity contribution >= 4 is 34.2 Å². The summed E-state index contributed by atoms with van der Waals surface area (Å²) in [5.74, 6) is -0.889. The number of aliphatic hydroxyl groups is 1. The fraction of sp³-hybridized carbons (Fsp3) is 0.167. The Kier molecular flexibility index (Phi) is 4.52. The third-order valence-corrected chi connectivity index (χ3v) is 3.33. The lowest BCUT2D eigenvalue weighted by atomic mass is 10.2. The van der Waals surface area contributed by atoms with Crippen LogP contribution in [0.25, 0.3) is 0 Å². The number of carbonyl (C=O) groups is 1. The van der Waals surface area contributed by atoms with E-state index in [0.29, 0.717) is 5.69 Å². The molecule has 0 heterocycles. The van der Waals surface area contributed by atoms with Crippen molar-refractivity contribution in [1.82, 2.24) is 0 Å². The molecule has 0 saturated carbocycles. The van der Waals surface area contributed by atoms with E-state index in [2.05, 4.69) is 27.9 Å². The smallest absolute Gasteiger partial charge is 0.269 e. The van der Waals surface area contributed by atoms with Crippen molar-refractivity contribution in [3.63, 3.8) is 0 Å². The lowest BCUT2D eigenvalue weighted by Crippen LogP contribution is -2.15. The van der Waals surface area contributed by atoms with Gasteiger partial charge in [0.05, 0.1) is 0 Å². The van der Waals surface area contributed by atoms with Crippen LogP contribution >= 0.6 is 22.6 Å². The molecule has 1 aromatic rings. The summed E-state index contributed by atoms with van der Waals surface area (Å²) in [7, 11) is 0. The number of nitrogens with one attached hydrogen (secondary N) is 1. The summed E-state index contributed by atoms with van der Waals surface area (Å²) in [4.78, 5) is 11.6.